The lowest BCUT2D eigenvalue weighted by atomic mass is 9.72. The van der Waals surface area contributed by atoms with Gasteiger partial charge >= 0.3 is 5.97 Å². The monoisotopic (exact) mass is 331 g/mol. The molecule has 0 aromatic rings. The van der Waals surface area contributed by atoms with Crippen LogP contribution in [-0.4, -0.2) is 18.2 Å². The largest absolute Gasteiger partial charge is 0.545 e. The first-order chi connectivity index (χ1) is 11.2. The summed E-state index contributed by atoms with van der Waals surface area (Å²) in [4.78, 5) is 22.6. The first-order valence-corrected chi connectivity index (χ1v) is 8.05. The van der Waals surface area contributed by atoms with Crippen LogP contribution in [0.5, 0.6) is 0 Å². The zero-order valence-electron chi connectivity index (χ0n) is 14.5. The van der Waals surface area contributed by atoms with Gasteiger partial charge in [0.1, 0.15) is 0 Å². The number of hydrogen-bond acceptors (Lipinski definition) is 5. The molecule has 2 aliphatic rings. The Labute approximate surface area is 142 Å². The zero-order valence-corrected chi connectivity index (χ0v) is 14.5. The van der Waals surface area contributed by atoms with E-state index in [1.807, 2.05) is 6.08 Å². The molecule has 0 aromatic carbocycles. The number of hydrogen-bond donors (Lipinski definition) is 0. The molecule has 0 saturated carbocycles. The maximum Gasteiger partial charge on any atom is 0.336 e. The number of carboxylic acids is 1. The van der Waals surface area contributed by atoms with Crippen molar-refractivity contribution in [3.63, 3.8) is 0 Å². The summed E-state index contributed by atoms with van der Waals surface area (Å²) in [6.45, 7) is 7.99. The van der Waals surface area contributed by atoms with Crippen LogP contribution in [0.1, 0.15) is 47.0 Å². The summed E-state index contributed by atoms with van der Waals surface area (Å²) in [5.74, 6) is -1.81. The molecule has 0 fully saturated rings. The van der Waals surface area contributed by atoms with Crippen molar-refractivity contribution in [2.45, 2.75) is 53.2 Å². The normalized spacial score (nSPS) is 24.2. The van der Waals surface area contributed by atoms with E-state index >= 15 is 0 Å². The minimum Gasteiger partial charge on any atom is -0.545 e. The lowest BCUT2D eigenvalue weighted by molar-refractivity contribution is -0.298. The standard InChI is InChI=1S/C19H24O5/c1-12-6-5-9-19(3,4)15(12)8-7-14(17(20)21)11-23-16-10-13(2)18(22)24-16/h7-8,10-11,16H,5-6,9H2,1-4H3,(H,20,21)/p-1/b8-7+,14-11+. The van der Waals surface area contributed by atoms with E-state index in [4.69, 9.17) is 9.47 Å². The number of carbonyl (C=O) groups is 2. The van der Waals surface area contributed by atoms with Crippen molar-refractivity contribution in [3.8, 4) is 0 Å². The maximum atomic E-state index is 11.3. The highest BCUT2D eigenvalue weighted by atomic mass is 16.7. The molecule has 1 unspecified atom stereocenters. The molecule has 130 valence electrons. The first-order valence-electron chi connectivity index (χ1n) is 8.05. The fraction of sp³-hybridized carbons (Fsp3) is 0.474. The van der Waals surface area contributed by atoms with Crippen LogP contribution in [0.2, 0.25) is 0 Å². The summed E-state index contributed by atoms with van der Waals surface area (Å²) < 4.78 is 10.1. The third kappa shape index (κ3) is 4.16. The summed E-state index contributed by atoms with van der Waals surface area (Å²) in [5, 5.41) is 11.3. The van der Waals surface area contributed by atoms with Gasteiger partial charge in [0.25, 0.3) is 6.29 Å². The van der Waals surface area contributed by atoms with Crippen molar-refractivity contribution in [1.29, 1.82) is 0 Å². The number of carboxylic acid groups (broad SMARTS) is 1. The second kappa shape index (κ2) is 7.07. The van der Waals surface area contributed by atoms with Crippen LogP contribution in [0.3, 0.4) is 0 Å². The van der Waals surface area contributed by atoms with Crippen LogP contribution < -0.4 is 5.11 Å². The quantitative estimate of drug-likeness (QED) is 0.335. The fourth-order valence-corrected chi connectivity index (χ4v) is 3.05. The summed E-state index contributed by atoms with van der Waals surface area (Å²) in [7, 11) is 0. The van der Waals surface area contributed by atoms with Gasteiger partial charge in [-0.1, -0.05) is 25.5 Å². The summed E-state index contributed by atoms with van der Waals surface area (Å²) in [5.41, 5.74) is 2.75. The Bertz CT molecular complexity index is 661. The Hall–Kier alpha value is -2.30. The van der Waals surface area contributed by atoms with Gasteiger partial charge in [0.15, 0.2) is 0 Å². The highest BCUT2D eigenvalue weighted by Crippen LogP contribution is 2.40. The van der Waals surface area contributed by atoms with Gasteiger partial charge in [-0.2, -0.15) is 0 Å². The van der Waals surface area contributed by atoms with Crippen molar-refractivity contribution < 1.29 is 24.2 Å². The Balaban J connectivity index is 2.15. The van der Waals surface area contributed by atoms with Gasteiger partial charge in [0.05, 0.1) is 12.2 Å². The molecule has 0 N–H and O–H groups in total. The molecule has 0 saturated heterocycles. The van der Waals surface area contributed by atoms with Gasteiger partial charge in [0, 0.05) is 17.2 Å². The molecule has 1 aliphatic carbocycles. The van der Waals surface area contributed by atoms with Crippen molar-refractivity contribution >= 4 is 11.9 Å². The first kappa shape index (κ1) is 18.0. The van der Waals surface area contributed by atoms with E-state index in [1.165, 1.54) is 17.7 Å². The van der Waals surface area contributed by atoms with Crippen molar-refractivity contribution in [2.75, 3.05) is 0 Å². The molecule has 0 bridgehead atoms. The van der Waals surface area contributed by atoms with Gasteiger partial charge in [-0.25, -0.2) is 4.79 Å². The van der Waals surface area contributed by atoms with Crippen LogP contribution in [0.4, 0.5) is 0 Å². The van der Waals surface area contributed by atoms with Gasteiger partial charge < -0.3 is 19.4 Å². The predicted molar refractivity (Wildman–Crippen MR) is 87.3 cm³/mol. The molecule has 0 radical (unpaired) electrons. The molecule has 1 heterocycles. The number of rotatable bonds is 5. The summed E-state index contributed by atoms with van der Waals surface area (Å²) in [6.07, 6.45) is 8.18. The minimum atomic E-state index is -1.34. The van der Waals surface area contributed by atoms with E-state index in [1.54, 1.807) is 6.92 Å². The molecular weight excluding hydrogens is 308 g/mol. The Morgan fingerprint density at radius 2 is 2.12 bits per heavy atom. The smallest absolute Gasteiger partial charge is 0.336 e. The molecule has 5 heteroatoms. The molecule has 0 spiro atoms. The summed E-state index contributed by atoms with van der Waals surface area (Å²) >= 11 is 0. The predicted octanol–water partition coefficient (Wildman–Crippen LogP) is 2.55. The highest BCUT2D eigenvalue weighted by Gasteiger charge is 2.26. The number of ether oxygens (including phenoxy) is 2. The highest BCUT2D eigenvalue weighted by molar-refractivity contribution is 5.90. The maximum absolute atomic E-state index is 11.3. The lowest BCUT2D eigenvalue weighted by Crippen LogP contribution is -2.24. The second-order valence-electron chi connectivity index (χ2n) is 6.88. The van der Waals surface area contributed by atoms with Crippen molar-refractivity contribution in [3.05, 3.63) is 46.8 Å². The number of cyclic esters (lactones) is 1. The van der Waals surface area contributed by atoms with Crippen LogP contribution >= 0.6 is 0 Å². The van der Waals surface area contributed by atoms with E-state index in [9.17, 15) is 14.7 Å². The van der Waals surface area contributed by atoms with Gasteiger partial charge in [0.2, 0.25) is 0 Å². The topological polar surface area (TPSA) is 75.7 Å². The number of esters is 1. The molecule has 5 nitrogen and oxygen atoms in total. The minimum absolute atomic E-state index is 0.0115. The third-order valence-corrected chi connectivity index (χ3v) is 4.47. The van der Waals surface area contributed by atoms with E-state index in [0.29, 0.717) is 5.57 Å². The average Bonchev–Trinajstić information content (AvgIpc) is 2.79. The van der Waals surface area contributed by atoms with Crippen LogP contribution in [0.15, 0.2) is 46.8 Å². The van der Waals surface area contributed by atoms with E-state index < -0.39 is 18.2 Å². The molecular formula is C19H23O5-. The van der Waals surface area contributed by atoms with Crippen LogP contribution in [0.25, 0.3) is 0 Å². The Morgan fingerprint density at radius 3 is 2.67 bits per heavy atom. The molecule has 2 rings (SSSR count). The van der Waals surface area contributed by atoms with E-state index in [-0.39, 0.29) is 11.0 Å². The van der Waals surface area contributed by atoms with E-state index in [0.717, 1.165) is 31.1 Å². The summed E-state index contributed by atoms with van der Waals surface area (Å²) in [6, 6.07) is 0. The van der Waals surface area contributed by atoms with Crippen LogP contribution in [0, 0.1) is 5.41 Å². The Kier molecular flexibility index (Phi) is 5.32. The SMILES string of the molecule is CC1=CC(O/C=C(\C=C\C2=C(C)CCCC2(C)C)C(=O)[O-])OC1=O. The molecule has 0 amide bonds. The number of carbonyl (C=O) groups excluding carboxylic acids is 2. The van der Waals surface area contributed by atoms with Gasteiger partial charge in [-0.05, 0) is 50.2 Å². The fourth-order valence-electron chi connectivity index (χ4n) is 3.05. The molecule has 0 aromatic heterocycles. The van der Waals surface area contributed by atoms with Crippen molar-refractivity contribution in [1.82, 2.24) is 0 Å². The lowest BCUT2D eigenvalue weighted by Gasteiger charge is -2.33. The number of allylic oxidation sites excluding steroid dienone is 3. The zero-order chi connectivity index (χ0) is 17.9. The van der Waals surface area contributed by atoms with Gasteiger partial charge in [-0.3, -0.25) is 0 Å². The molecule has 1 aliphatic heterocycles. The van der Waals surface area contributed by atoms with Crippen molar-refractivity contribution in [2.24, 2.45) is 5.41 Å². The number of aliphatic carboxylic acids is 1. The van der Waals surface area contributed by atoms with Gasteiger partial charge in [-0.15, -0.1) is 0 Å². The average molecular weight is 331 g/mol. The molecule has 1 atom stereocenters. The molecule has 24 heavy (non-hydrogen) atoms. The second-order valence-corrected chi connectivity index (χ2v) is 6.88. The third-order valence-electron chi connectivity index (χ3n) is 4.47. The van der Waals surface area contributed by atoms with Crippen LogP contribution in [-0.2, 0) is 19.1 Å². The van der Waals surface area contributed by atoms with E-state index in [2.05, 4.69) is 20.8 Å². The Morgan fingerprint density at radius 1 is 1.42 bits per heavy atom.